The molecule has 2 rings (SSSR count). The van der Waals surface area contributed by atoms with E-state index in [1.807, 2.05) is 0 Å². The highest BCUT2D eigenvalue weighted by molar-refractivity contribution is 6.43. The predicted octanol–water partition coefficient (Wildman–Crippen LogP) is 4.65. The van der Waals surface area contributed by atoms with Crippen molar-refractivity contribution >= 4 is 40.7 Å². The molecule has 0 atom stereocenters. The van der Waals surface area contributed by atoms with Crippen molar-refractivity contribution in [3.63, 3.8) is 0 Å². The zero-order chi connectivity index (χ0) is 16.3. The number of amides is 1. The van der Waals surface area contributed by atoms with Crippen molar-refractivity contribution in [3.05, 3.63) is 62.4 Å². The summed E-state index contributed by atoms with van der Waals surface area (Å²) < 4.78 is 17.9. The second-order valence-electron chi connectivity index (χ2n) is 3.99. The molecule has 0 aliphatic rings. The Kier molecular flexibility index (Phi) is 4.79. The summed E-state index contributed by atoms with van der Waals surface area (Å²) in [5, 5.41) is 13.2. The summed E-state index contributed by atoms with van der Waals surface area (Å²) in [6.45, 7) is 0. The van der Waals surface area contributed by atoms with E-state index in [1.165, 1.54) is 18.2 Å². The van der Waals surface area contributed by atoms with Crippen LogP contribution in [0.3, 0.4) is 0 Å². The molecule has 0 aliphatic carbocycles. The van der Waals surface area contributed by atoms with Gasteiger partial charge in [-0.1, -0.05) is 29.3 Å². The highest BCUT2D eigenvalue weighted by atomic mass is 35.5. The van der Waals surface area contributed by atoms with E-state index in [0.717, 1.165) is 12.1 Å². The Hall–Kier alpha value is -2.38. The van der Waals surface area contributed by atoms with Gasteiger partial charge in [-0.3, -0.25) is 15.4 Å². The number of nitrogens with zero attached hydrogens (tertiary/aromatic N) is 1. The number of hydrogen-bond acceptors (Lipinski definition) is 4. The number of ether oxygens (including phenoxy) is 1. The summed E-state index contributed by atoms with van der Waals surface area (Å²) in [5.41, 5.74) is -0.816. The van der Waals surface area contributed by atoms with Crippen LogP contribution in [0.1, 0.15) is 0 Å². The number of nitro groups is 1. The fourth-order valence-electron chi connectivity index (χ4n) is 1.56. The van der Waals surface area contributed by atoms with Crippen LogP contribution in [0.5, 0.6) is 5.75 Å². The van der Waals surface area contributed by atoms with Crippen LogP contribution < -0.4 is 10.1 Å². The normalized spacial score (nSPS) is 10.1. The summed E-state index contributed by atoms with van der Waals surface area (Å²) >= 11 is 11.6. The molecule has 0 heterocycles. The van der Waals surface area contributed by atoms with Gasteiger partial charge in [0.05, 0.1) is 16.0 Å². The molecule has 1 N–H and O–H groups in total. The van der Waals surface area contributed by atoms with E-state index in [4.69, 9.17) is 27.9 Å². The number of hydrogen-bond donors (Lipinski definition) is 1. The Morgan fingerprint density at radius 2 is 2.00 bits per heavy atom. The maximum atomic E-state index is 13.0. The van der Waals surface area contributed by atoms with Crippen molar-refractivity contribution < 1.29 is 18.8 Å². The van der Waals surface area contributed by atoms with Crippen LogP contribution >= 0.6 is 23.2 Å². The van der Waals surface area contributed by atoms with E-state index in [0.29, 0.717) is 6.07 Å². The van der Waals surface area contributed by atoms with E-state index >= 15 is 0 Å². The number of anilines is 1. The van der Waals surface area contributed by atoms with Crippen molar-refractivity contribution in [2.24, 2.45) is 0 Å². The van der Waals surface area contributed by atoms with E-state index in [-0.39, 0.29) is 21.5 Å². The molecule has 0 saturated heterocycles. The molecule has 6 nitrogen and oxygen atoms in total. The lowest BCUT2D eigenvalue weighted by Crippen LogP contribution is -2.17. The van der Waals surface area contributed by atoms with Gasteiger partial charge in [0.25, 0.3) is 5.69 Å². The number of benzene rings is 2. The monoisotopic (exact) mass is 344 g/mol. The van der Waals surface area contributed by atoms with E-state index < -0.39 is 22.5 Å². The van der Waals surface area contributed by atoms with Gasteiger partial charge in [0, 0.05) is 0 Å². The van der Waals surface area contributed by atoms with Crippen LogP contribution in [-0.4, -0.2) is 11.0 Å². The van der Waals surface area contributed by atoms with Crippen LogP contribution in [0.4, 0.5) is 20.6 Å². The Labute approximate surface area is 133 Å². The third kappa shape index (κ3) is 3.63. The molecule has 2 aromatic rings. The van der Waals surface area contributed by atoms with E-state index in [9.17, 15) is 19.3 Å². The molecular weight excluding hydrogens is 338 g/mol. The Bertz CT molecular complexity index is 755. The maximum Gasteiger partial charge on any atom is 0.417 e. The smallest absolute Gasteiger partial charge is 0.408 e. The standard InChI is InChI=1S/C13H7Cl2FN2O4/c14-8-2-1-3-11(12(8)15)22-13(19)17-9-5-4-7(16)6-10(9)18(20)21/h1-6H,(H,17,19). The summed E-state index contributed by atoms with van der Waals surface area (Å²) in [5.74, 6) is -0.820. The second kappa shape index (κ2) is 6.59. The van der Waals surface area contributed by atoms with Gasteiger partial charge in [0.1, 0.15) is 16.5 Å². The summed E-state index contributed by atoms with van der Waals surface area (Å²) in [6.07, 6.45) is -1.03. The minimum absolute atomic E-state index is 0.0172. The van der Waals surface area contributed by atoms with Gasteiger partial charge in [-0.15, -0.1) is 0 Å². The van der Waals surface area contributed by atoms with Crippen LogP contribution in [-0.2, 0) is 0 Å². The molecule has 22 heavy (non-hydrogen) atoms. The molecule has 0 aliphatic heterocycles. The number of carbonyl (C=O) groups excluding carboxylic acids is 1. The molecule has 1 amide bonds. The maximum absolute atomic E-state index is 13.0. The van der Waals surface area contributed by atoms with Crippen LogP contribution in [0.2, 0.25) is 10.0 Å². The van der Waals surface area contributed by atoms with Crippen LogP contribution in [0.25, 0.3) is 0 Å². The first-order chi connectivity index (χ1) is 10.4. The largest absolute Gasteiger partial charge is 0.417 e. The molecule has 114 valence electrons. The zero-order valence-electron chi connectivity index (χ0n) is 10.7. The Balaban J connectivity index is 2.19. The molecule has 0 radical (unpaired) electrons. The van der Waals surface area contributed by atoms with Gasteiger partial charge in [-0.2, -0.15) is 0 Å². The number of nitro benzene ring substituents is 1. The minimum Gasteiger partial charge on any atom is -0.408 e. The van der Waals surface area contributed by atoms with Crippen molar-refractivity contribution in [1.29, 1.82) is 0 Å². The third-order valence-corrected chi connectivity index (χ3v) is 3.31. The summed E-state index contributed by atoms with van der Waals surface area (Å²) in [6, 6.07) is 7.11. The number of nitrogens with one attached hydrogen (secondary N) is 1. The second-order valence-corrected chi connectivity index (χ2v) is 4.77. The molecule has 9 heteroatoms. The third-order valence-electron chi connectivity index (χ3n) is 2.51. The molecule has 0 aromatic heterocycles. The average molecular weight is 345 g/mol. The lowest BCUT2D eigenvalue weighted by Gasteiger charge is -2.09. The van der Waals surface area contributed by atoms with Crippen molar-refractivity contribution in [1.82, 2.24) is 0 Å². The first-order valence-corrected chi connectivity index (χ1v) is 6.51. The highest BCUT2D eigenvalue weighted by Crippen LogP contribution is 2.32. The highest BCUT2D eigenvalue weighted by Gasteiger charge is 2.18. The van der Waals surface area contributed by atoms with Gasteiger partial charge < -0.3 is 4.74 Å². The van der Waals surface area contributed by atoms with Crippen molar-refractivity contribution in [2.75, 3.05) is 5.32 Å². The fraction of sp³-hybridized carbons (Fsp3) is 0. The van der Waals surface area contributed by atoms with Crippen molar-refractivity contribution in [2.45, 2.75) is 0 Å². The summed E-state index contributed by atoms with van der Waals surface area (Å²) in [4.78, 5) is 21.7. The van der Waals surface area contributed by atoms with Gasteiger partial charge in [-0.05, 0) is 24.3 Å². The van der Waals surface area contributed by atoms with Crippen molar-refractivity contribution in [3.8, 4) is 5.75 Å². The van der Waals surface area contributed by atoms with Gasteiger partial charge in [-0.25, -0.2) is 9.18 Å². The Morgan fingerprint density at radius 1 is 1.27 bits per heavy atom. The van der Waals surface area contributed by atoms with E-state index in [1.54, 1.807) is 0 Å². The number of halogens is 3. The zero-order valence-corrected chi connectivity index (χ0v) is 12.2. The molecule has 0 unspecified atom stereocenters. The Morgan fingerprint density at radius 3 is 2.68 bits per heavy atom. The fourth-order valence-corrected chi connectivity index (χ4v) is 1.89. The molecule has 0 bridgehead atoms. The summed E-state index contributed by atoms with van der Waals surface area (Å²) in [7, 11) is 0. The van der Waals surface area contributed by atoms with Gasteiger partial charge in [0.15, 0.2) is 5.75 Å². The average Bonchev–Trinajstić information content (AvgIpc) is 2.45. The SMILES string of the molecule is O=C(Nc1ccc(F)cc1[N+](=O)[O-])Oc1cccc(Cl)c1Cl. The minimum atomic E-state index is -1.03. The van der Waals surface area contributed by atoms with Gasteiger partial charge >= 0.3 is 6.09 Å². The topological polar surface area (TPSA) is 81.5 Å². The quantitative estimate of drug-likeness (QED) is 0.648. The number of rotatable bonds is 3. The molecule has 0 saturated carbocycles. The molecule has 0 spiro atoms. The molecule has 0 fully saturated rings. The first kappa shape index (κ1) is 16.0. The molecule has 2 aromatic carbocycles. The number of carbonyl (C=O) groups is 1. The lowest BCUT2D eigenvalue weighted by atomic mass is 10.2. The van der Waals surface area contributed by atoms with Gasteiger partial charge in [0.2, 0.25) is 0 Å². The lowest BCUT2D eigenvalue weighted by molar-refractivity contribution is -0.384. The molecular formula is C13H7Cl2FN2O4. The predicted molar refractivity (Wildman–Crippen MR) is 79.2 cm³/mol. The van der Waals surface area contributed by atoms with E-state index in [2.05, 4.69) is 5.32 Å². The first-order valence-electron chi connectivity index (χ1n) is 5.75. The van der Waals surface area contributed by atoms with Crippen LogP contribution in [0, 0.1) is 15.9 Å². The van der Waals surface area contributed by atoms with Crippen LogP contribution in [0.15, 0.2) is 36.4 Å².